The highest BCUT2D eigenvalue weighted by Gasteiger charge is 2.24. The number of sulfonamides is 1. The van der Waals surface area contributed by atoms with Crippen LogP contribution in [0.15, 0.2) is 29.2 Å². The summed E-state index contributed by atoms with van der Waals surface area (Å²) in [6, 6.07) is 4.98. The highest BCUT2D eigenvalue weighted by atomic mass is 32.2. The maximum atomic E-state index is 12.1. The zero-order valence-corrected chi connectivity index (χ0v) is 12.0. The fourth-order valence-electron chi connectivity index (χ4n) is 1.58. The predicted octanol–water partition coefficient (Wildman–Crippen LogP) is 0.438. The Labute approximate surface area is 113 Å². The van der Waals surface area contributed by atoms with Crippen molar-refractivity contribution < 1.29 is 18.3 Å². The lowest BCUT2D eigenvalue weighted by Gasteiger charge is -2.24. The van der Waals surface area contributed by atoms with Crippen LogP contribution in [0.1, 0.15) is 25.8 Å². The maximum absolute atomic E-state index is 12.1. The van der Waals surface area contributed by atoms with Gasteiger partial charge in [0.1, 0.15) is 0 Å². The molecule has 0 radical (unpaired) electrons. The number of benzene rings is 1. The molecular weight excluding hydrogens is 266 g/mol. The average molecular weight is 284 g/mol. The van der Waals surface area contributed by atoms with Crippen LogP contribution in [0.5, 0.6) is 0 Å². The second-order valence-electron chi connectivity index (χ2n) is 4.62. The third kappa shape index (κ3) is 4.04. The topological polar surface area (TPSA) is 86.3 Å². The minimum absolute atomic E-state index is 0.0488. The highest BCUT2D eigenvalue weighted by Crippen LogP contribution is 2.14. The van der Waals surface area contributed by atoms with Crippen LogP contribution in [0.3, 0.4) is 0 Å². The number of carbonyl (C=O) groups excluding carboxylic acids is 1. The molecule has 5 nitrogen and oxygen atoms in total. The lowest BCUT2D eigenvalue weighted by atomic mass is 10.0. The van der Waals surface area contributed by atoms with Crippen molar-refractivity contribution in [3.05, 3.63) is 29.8 Å². The summed E-state index contributed by atoms with van der Waals surface area (Å²) in [4.78, 5) is 11.1. The van der Waals surface area contributed by atoms with Crippen LogP contribution in [0.2, 0.25) is 0 Å². The van der Waals surface area contributed by atoms with Crippen molar-refractivity contribution in [2.24, 2.45) is 5.92 Å². The Morgan fingerprint density at radius 1 is 1.32 bits per heavy atom. The first-order valence-electron chi connectivity index (χ1n) is 6.07. The highest BCUT2D eigenvalue weighted by molar-refractivity contribution is 7.89. The first kappa shape index (κ1) is 15.7. The number of rotatable bonds is 6. The molecule has 19 heavy (non-hydrogen) atoms. The molecule has 0 aromatic heterocycles. The van der Waals surface area contributed by atoms with E-state index in [1.54, 1.807) is 26.0 Å². The van der Waals surface area contributed by atoms with Gasteiger partial charge in [0.2, 0.25) is 10.0 Å². The molecule has 1 N–H and O–H groups in total. The quantitative estimate of drug-likeness (QED) is 0.821. The normalized spacial score (nSPS) is 14.9. The smallest absolute Gasteiger partial charge is 0.241 e. The van der Waals surface area contributed by atoms with E-state index >= 15 is 0 Å². The minimum atomic E-state index is -3.85. The molecule has 0 saturated heterocycles. The lowest BCUT2D eigenvalue weighted by molar-refractivity contribution is -0.309. The van der Waals surface area contributed by atoms with Gasteiger partial charge < -0.3 is 9.90 Å². The average Bonchev–Trinajstić information content (AvgIpc) is 2.35. The van der Waals surface area contributed by atoms with E-state index in [0.717, 1.165) is 5.56 Å². The van der Waals surface area contributed by atoms with Crippen LogP contribution in [0.4, 0.5) is 0 Å². The van der Waals surface area contributed by atoms with Crippen molar-refractivity contribution in [3.8, 4) is 0 Å². The molecule has 0 aliphatic heterocycles. The first-order valence-corrected chi connectivity index (χ1v) is 7.56. The van der Waals surface area contributed by atoms with E-state index in [4.69, 9.17) is 0 Å². The van der Waals surface area contributed by atoms with Crippen molar-refractivity contribution in [3.63, 3.8) is 0 Å². The Bertz CT molecular complexity index is 536. The number of hydrogen-bond donors (Lipinski definition) is 1. The maximum Gasteiger partial charge on any atom is 0.241 e. The van der Waals surface area contributed by atoms with Crippen molar-refractivity contribution in [2.45, 2.75) is 38.1 Å². The summed E-state index contributed by atoms with van der Waals surface area (Å²) in [6.07, 6.45) is 0.537. The summed E-state index contributed by atoms with van der Waals surface area (Å²) in [7, 11) is -3.85. The standard InChI is InChI=1S/C13H19NO4S/c1-4-10(3)12(13(15)16)14-19(17,18)11-7-5-9(2)6-8-11/h5-8,10,12,14H,4H2,1-3H3,(H,15,16)/p-1/t10-,12-/m0/s1. The molecule has 106 valence electrons. The second-order valence-corrected chi connectivity index (χ2v) is 6.33. The number of nitrogens with one attached hydrogen (secondary N) is 1. The van der Waals surface area contributed by atoms with Crippen molar-refractivity contribution in [1.82, 2.24) is 4.72 Å². The molecule has 0 heterocycles. The number of hydrogen-bond acceptors (Lipinski definition) is 4. The largest absolute Gasteiger partial charge is 0.548 e. The van der Waals surface area contributed by atoms with Gasteiger partial charge in [0.25, 0.3) is 0 Å². The van der Waals surface area contributed by atoms with E-state index in [0.29, 0.717) is 6.42 Å². The second kappa shape index (κ2) is 6.16. The number of aryl methyl sites for hydroxylation is 1. The fourth-order valence-corrected chi connectivity index (χ4v) is 2.88. The Hall–Kier alpha value is -1.40. The zero-order chi connectivity index (χ0) is 14.6. The van der Waals surface area contributed by atoms with Crippen molar-refractivity contribution in [2.75, 3.05) is 0 Å². The van der Waals surface area contributed by atoms with Crippen molar-refractivity contribution in [1.29, 1.82) is 0 Å². The molecule has 1 aromatic rings. The molecular formula is C13H18NO4S-. The van der Waals surface area contributed by atoms with Gasteiger partial charge in [-0.2, -0.15) is 0 Å². The Morgan fingerprint density at radius 2 is 1.84 bits per heavy atom. The van der Waals surface area contributed by atoms with Crippen LogP contribution < -0.4 is 9.83 Å². The van der Waals surface area contributed by atoms with E-state index in [9.17, 15) is 18.3 Å². The molecule has 0 bridgehead atoms. The molecule has 0 aliphatic rings. The Morgan fingerprint density at radius 3 is 2.26 bits per heavy atom. The summed E-state index contributed by atoms with van der Waals surface area (Å²) in [6.45, 7) is 5.30. The number of carboxylic acid groups (broad SMARTS) is 1. The molecule has 1 aromatic carbocycles. The monoisotopic (exact) mass is 284 g/mol. The predicted molar refractivity (Wildman–Crippen MR) is 69.8 cm³/mol. The third-order valence-corrected chi connectivity index (χ3v) is 4.54. The van der Waals surface area contributed by atoms with Gasteiger partial charge in [-0.3, -0.25) is 0 Å². The molecule has 0 unspecified atom stereocenters. The van der Waals surface area contributed by atoms with Gasteiger partial charge in [0.15, 0.2) is 0 Å². The summed E-state index contributed by atoms with van der Waals surface area (Å²) < 4.78 is 26.3. The van der Waals surface area contributed by atoms with Gasteiger partial charge in [-0.1, -0.05) is 38.0 Å². The van der Waals surface area contributed by atoms with Gasteiger partial charge in [-0.05, 0) is 25.0 Å². The summed E-state index contributed by atoms with van der Waals surface area (Å²) in [5.74, 6) is -1.75. The number of carbonyl (C=O) groups is 1. The van der Waals surface area contributed by atoms with Gasteiger partial charge in [-0.15, -0.1) is 0 Å². The molecule has 0 amide bonds. The van der Waals surface area contributed by atoms with Crippen molar-refractivity contribution >= 4 is 16.0 Å². The third-order valence-electron chi connectivity index (χ3n) is 3.08. The van der Waals surface area contributed by atoms with Crippen LogP contribution in [0.25, 0.3) is 0 Å². The number of carboxylic acids is 1. The van der Waals surface area contributed by atoms with Gasteiger partial charge in [0, 0.05) is 0 Å². The molecule has 0 spiro atoms. The minimum Gasteiger partial charge on any atom is -0.548 e. The zero-order valence-electron chi connectivity index (χ0n) is 11.2. The van der Waals surface area contributed by atoms with E-state index in [1.165, 1.54) is 12.1 Å². The lowest BCUT2D eigenvalue weighted by Crippen LogP contribution is -2.51. The Balaban J connectivity index is 3.00. The van der Waals surface area contributed by atoms with Crippen LogP contribution in [0, 0.1) is 12.8 Å². The van der Waals surface area contributed by atoms with E-state index in [1.807, 2.05) is 6.92 Å². The molecule has 0 aliphatic carbocycles. The van der Waals surface area contributed by atoms with E-state index < -0.39 is 22.0 Å². The summed E-state index contributed by atoms with van der Waals surface area (Å²) >= 11 is 0. The van der Waals surface area contributed by atoms with Gasteiger partial charge in [-0.25, -0.2) is 13.1 Å². The first-order chi connectivity index (χ1) is 8.77. The molecule has 0 fully saturated rings. The summed E-state index contributed by atoms with van der Waals surface area (Å²) in [5, 5.41) is 11.0. The number of aliphatic carboxylic acids is 1. The SMILES string of the molecule is CC[C@H](C)[C@H](NS(=O)(=O)c1ccc(C)cc1)C(=O)[O-]. The van der Waals surface area contributed by atoms with Gasteiger partial charge in [0.05, 0.1) is 16.9 Å². The fraction of sp³-hybridized carbons (Fsp3) is 0.462. The molecule has 1 rings (SSSR count). The van der Waals surface area contributed by atoms with Crippen LogP contribution in [-0.4, -0.2) is 20.4 Å². The molecule has 6 heteroatoms. The molecule has 0 saturated carbocycles. The van der Waals surface area contributed by atoms with Crippen LogP contribution >= 0.6 is 0 Å². The Kier molecular flexibility index (Phi) is 5.08. The van der Waals surface area contributed by atoms with E-state index in [-0.39, 0.29) is 10.8 Å². The van der Waals surface area contributed by atoms with Gasteiger partial charge >= 0.3 is 0 Å². The van der Waals surface area contributed by atoms with Crippen LogP contribution in [-0.2, 0) is 14.8 Å². The summed E-state index contributed by atoms with van der Waals surface area (Å²) in [5.41, 5.74) is 0.928. The molecule has 2 atom stereocenters. The van der Waals surface area contributed by atoms with E-state index in [2.05, 4.69) is 4.72 Å².